The molecule has 0 aliphatic carbocycles. The van der Waals surface area contributed by atoms with Crippen LogP contribution in [0.15, 0.2) is 11.2 Å². The number of morpholine rings is 1. The highest BCUT2D eigenvalue weighted by Gasteiger charge is 2.34. The van der Waals surface area contributed by atoms with Crippen molar-refractivity contribution < 1.29 is 13.2 Å². The van der Waals surface area contributed by atoms with E-state index < -0.39 is 10.0 Å². The topological polar surface area (TPSA) is 101 Å². The molecule has 2 heterocycles. The molecule has 0 radical (unpaired) electrons. The van der Waals surface area contributed by atoms with Gasteiger partial charge in [0, 0.05) is 25.2 Å². The SMILES string of the molecule is C[C@@H]1CN(S(=O)(=O)c2[nH]ncc2CN)C[C@H](C)O1. The fourth-order valence-corrected chi connectivity index (χ4v) is 3.83. The highest BCUT2D eigenvalue weighted by atomic mass is 32.2. The molecule has 1 aromatic rings. The molecule has 8 heteroatoms. The third-order valence-electron chi connectivity index (χ3n) is 2.88. The lowest BCUT2D eigenvalue weighted by Gasteiger charge is -2.34. The Hall–Kier alpha value is -0.960. The lowest BCUT2D eigenvalue weighted by molar-refractivity contribution is -0.0441. The Labute approximate surface area is 106 Å². The van der Waals surface area contributed by atoms with Gasteiger partial charge in [0.05, 0.1) is 18.4 Å². The first kappa shape index (κ1) is 13.5. The number of ether oxygens (including phenoxy) is 1. The molecule has 18 heavy (non-hydrogen) atoms. The summed E-state index contributed by atoms with van der Waals surface area (Å²) in [6.45, 7) is 4.54. The highest BCUT2D eigenvalue weighted by Crippen LogP contribution is 2.21. The minimum atomic E-state index is -3.57. The fourth-order valence-electron chi connectivity index (χ4n) is 2.12. The smallest absolute Gasteiger partial charge is 0.260 e. The monoisotopic (exact) mass is 274 g/mol. The number of aromatic nitrogens is 2. The van der Waals surface area contributed by atoms with Crippen molar-refractivity contribution in [2.75, 3.05) is 13.1 Å². The van der Waals surface area contributed by atoms with Gasteiger partial charge < -0.3 is 10.5 Å². The number of nitrogens with zero attached hydrogens (tertiary/aromatic N) is 2. The van der Waals surface area contributed by atoms with Gasteiger partial charge in [-0.1, -0.05) is 0 Å². The second-order valence-electron chi connectivity index (χ2n) is 4.51. The van der Waals surface area contributed by atoms with Gasteiger partial charge in [0.15, 0.2) is 5.03 Å². The van der Waals surface area contributed by atoms with Crippen molar-refractivity contribution in [3.05, 3.63) is 11.8 Å². The van der Waals surface area contributed by atoms with Crippen LogP contribution in [0, 0.1) is 0 Å². The lowest BCUT2D eigenvalue weighted by Crippen LogP contribution is -2.48. The molecule has 0 unspecified atom stereocenters. The molecule has 0 spiro atoms. The fraction of sp³-hybridized carbons (Fsp3) is 0.700. The van der Waals surface area contributed by atoms with Gasteiger partial charge in [-0.3, -0.25) is 5.10 Å². The zero-order valence-corrected chi connectivity index (χ0v) is 11.3. The van der Waals surface area contributed by atoms with E-state index in [4.69, 9.17) is 10.5 Å². The van der Waals surface area contributed by atoms with Crippen molar-refractivity contribution in [2.24, 2.45) is 5.73 Å². The van der Waals surface area contributed by atoms with Crippen LogP contribution < -0.4 is 5.73 Å². The third kappa shape index (κ3) is 2.41. The second kappa shape index (κ2) is 4.96. The van der Waals surface area contributed by atoms with Crippen LogP contribution in [0.25, 0.3) is 0 Å². The van der Waals surface area contributed by atoms with Crippen molar-refractivity contribution in [3.63, 3.8) is 0 Å². The van der Waals surface area contributed by atoms with E-state index in [-0.39, 0.29) is 23.8 Å². The first-order chi connectivity index (χ1) is 8.45. The molecule has 1 fully saturated rings. The van der Waals surface area contributed by atoms with Crippen molar-refractivity contribution in [3.8, 4) is 0 Å². The Morgan fingerprint density at radius 3 is 2.67 bits per heavy atom. The number of hydrogen-bond donors (Lipinski definition) is 2. The molecule has 0 amide bonds. The number of hydrogen-bond acceptors (Lipinski definition) is 5. The Morgan fingerprint density at radius 2 is 2.11 bits per heavy atom. The molecule has 7 nitrogen and oxygen atoms in total. The highest BCUT2D eigenvalue weighted by molar-refractivity contribution is 7.89. The number of H-pyrrole nitrogens is 1. The molecule has 1 aromatic heterocycles. The van der Waals surface area contributed by atoms with Gasteiger partial charge in [0.1, 0.15) is 0 Å². The minimum absolute atomic E-state index is 0.0892. The van der Waals surface area contributed by atoms with Gasteiger partial charge in [0.2, 0.25) is 0 Å². The van der Waals surface area contributed by atoms with Crippen LogP contribution in [-0.2, 0) is 21.3 Å². The summed E-state index contributed by atoms with van der Waals surface area (Å²) in [6.07, 6.45) is 1.21. The molecule has 102 valence electrons. The quantitative estimate of drug-likeness (QED) is 0.785. The van der Waals surface area contributed by atoms with Crippen LogP contribution in [0.1, 0.15) is 19.4 Å². The first-order valence-electron chi connectivity index (χ1n) is 5.83. The Kier molecular flexibility index (Phi) is 3.71. The normalized spacial score (nSPS) is 26.4. The zero-order valence-electron chi connectivity index (χ0n) is 10.5. The van der Waals surface area contributed by atoms with E-state index >= 15 is 0 Å². The van der Waals surface area contributed by atoms with Crippen LogP contribution in [0.5, 0.6) is 0 Å². The summed E-state index contributed by atoms with van der Waals surface area (Å²) in [4.78, 5) is 0. The summed E-state index contributed by atoms with van der Waals surface area (Å²) >= 11 is 0. The number of nitrogens with one attached hydrogen (secondary N) is 1. The average molecular weight is 274 g/mol. The summed E-state index contributed by atoms with van der Waals surface area (Å²) in [6, 6.07) is 0. The van der Waals surface area contributed by atoms with E-state index in [2.05, 4.69) is 10.2 Å². The van der Waals surface area contributed by atoms with Crippen LogP contribution in [0.3, 0.4) is 0 Å². The molecule has 1 aliphatic rings. The van der Waals surface area contributed by atoms with Gasteiger partial charge in [-0.15, -0.1) is 0 Å². The zero-order chi connectivity index (χ0) is 13.3. The van der Waals surface area contributed by atoms with Crippen LogP contribution >= 0.6 is 0 Å². The van der Waals surface area contributed by atoms with Crippen molar-refractivity contribution >= 4 is 10.0 Å². The Balaban J connectivity index is 2.31. The van der Waals surface area contributed by atoms with Crippen molar-refractivity contribution in [2.45, 2.75) is 37.6 Å². The molecular weight excluding hydrogens is 256 g/mol. The maximum absolute atomic E-state index is 12.5. The summed E-state index contributed by atoms with van der Waals surface area (Å²) in [5, 5.41) is 6.36. The van der Waals surface area contributed by atoms with E-state index in [9.17, 15) is 8.42 Å². The van der Waals surface area contributed by atoms with Gasteiger partial charge in [-0.05, 0) is 13.8 Å². The van der Waals surface area contributed by atoms with Gasteiger partial charge in [0.25, 0.3) is 10.0 Å². The van der Waals surface area contributed by atoms with E-state index in [0.29, 0.717) is 18.7 Å². The van der Waals surface area contributed by atoms with E-state index in [1.165, 1.54) is 10.5 Å². The predicted octanol–water partition coefficient (Wildman–Crippen LogP) is -0.334. The summed E-state index contributed by atoms with van der Waals surface area (Å²) < 4.78 is 31.9. The van der Waals surface area contributed by atoms with E-state index in [0.717, 1.165) is 0 Å². The molecular formula is C10H18N4O3S. The molecule has 1 saturated heterocycles. The number of rotatable bonds is 3. The van der Waals surface area contributed by atoms with Gasteiger partial charge in [-0.25, -0.2) is 8.42 Å². The lowest BCUT2D eigenvalue weighted by atomic mass is 10.3. The molecule has 0 bridgehead atoms. The maximum Gasteiger partial charge on any atom is 0.260 e. The number of aromatic amines is 1. The third-order valence-corrected chi connectivity index (χ3v) is 4.73. The summed E-state index contributed by atoms with van der Waals surface area (Å²) in [7, 11) is -3.57. The first-order valence-corrected chi connectivity index (χ1v) is 7.27. The maximum atomic E-state index is 12.5. The second-order valence-corrected chi connectivity index (χ2v) is 6.38. The molecule has 2 rings (SSSR count). The molecule has 0 saturated carbocycles. The van der Waals surface area contributed by atoms with E-state index in [1.807, 2.05) is 13.8 Å². The predicted molar refractivity (Wildman–Crippen MR) is 65.2 cm³/mol. The van der Waals surface area contributed by atoms with Crippen LogP contribution in [0.2, 0.25) is 0 Å². The minimum Gasteiger partial charge on any atom is -0.373 e. The number of sulfonamides is 1. The molecule has 0 aromatic carbocycles. The average Bonchev–Trinajstić information content (AvgIpc) is 2.76. The largest absolute Gasteiger partial charge is 0.373 e. The standard InChI is InChI=1S/C10H18N4O3S/c1-7-5-14(6-8(2)17-7)18(15,16)10-9(3-11)4-12-13-10/h4,7-8H,3,5-6,11H2,1-2H3,(H,12,13)/t7-,8+. The summed E-state index contributed by atoms with van der Waals surface area (Å²) in [5.41, 5.74) is 6.01. The summed E-state index contributed by atoms with van der Waals surface area (Å²) in [5.74, 6) is 0. The van der Waals surface area contributed by atoms with Crippen LogP contribution in [0.4, 0.5) is 0 Å². The molecule has 2 atom stereocenters. The van der Waals surface area contributed by atoms with Gasteiger partial charge in [-0.2, -0.15) is 9.40 Å². The Bertz CT molecular complexity index is 503. The molecule has 3 N–H and O–H groups in total. The Morgan fingerprint density at radius 1 is 1.50 bits per heavy atom. The molecule has 1 aliphatic heterocycles. The van der Waals surface area contributed by atoms with Crippen LogP contribution in [-0.4, -0.2) is 48.2 Å². The van der Waals surface area contributed by atoms with Crippen molar-refractivity contribution in [1.82, 2.24) is 14.5 Å². The van der Waals surface area contributed by atoms with Gasteiger partial charge >= 0.3 is 0 Å². The number of nitrogens with two attached hydrogens (primary N) is 1. The van der Waals surface area contributed by atoms with E-state index in [1.54, 1.807) is 0 Å². The van der Waals surface area contributed by atoms with Crippen molar-refractivity contribution in [1.29, 1.82) is 0 Å².